The number of nitrogens with zero attached hydrogens (tertiary/aromatic N) is 1. The lowest BCUT2D eigenvalue weighted by molar-refractivity contribution is -0.130. The molecule has 4 aliphatic heterocycles. The van der Waals surface area contributed by atoms with E-state index in [0.717, 1.165) is 44.2 Å². The standard InChI is InChI=1S/C17H22N2O2/c20-17(15-10-12-3-6-19(15)7-4-12)18-11-13-1-2-16-14(9-13)5-8-21-16/h1-2,9,12,15H,3-8,10-11H2,(H,18,20). The van der Waals surface area contributed by atoms with Crippen LogP contribution in [-0.2, 0) is 17.8 Å². The van der Waals surface area contributed by atoms with Crippen LogP contribution in [0.2, 0.25) is 0 Å². The molecule has 1 amide bonds. The summed E-state index contributed by atoms with van der Waals surface area (Å²) in [5.41, 5.74) is 2.44. The molecule has 21 heavy (non-hydrogen) atoms. The van der Waals surface area contributed by atoms with Crippen LogP contribution < -0.4 is 10.1 Å². The zero-order valence-corrected chi connectivity index (χ0v) is 12.3. The molecule has 3 fully saturated rings. The van der Waals surface area contributed by atoms with Crippen molar-refractivity contribution in [1.82, 2.24) is 10.2 Å². The third kappa shape index (κ3) is 2.53. The number of carbonyl (C=O) groups excluding carboxylic acids is 1. The predicted octanol–water partition coefficient (Wildman–Crippen LogP) is 1.72. The van der Waals surface area contributed by atoms with Crippen LogP contribution >= 0.6 is 0 Å². The number of nitrogens with one attached hydrogen (secondary N) is 1. The van der Waals surface area contributed by atoms with Gasteiger partial charge in [0, 0.05) is 13.0 Å². The normalized spacial score (nSPS) is 29.8. The van der Waals surface area contributed by atoms with E-state index in [0.29, 0.717) is 6.54 Å². The summed E-state index contributed by atoms with van der Waals surface area (Å²) >= 11 is 0. The van der Waals surface area contributed by atoms with E-state index in [4.69, 9.17) is 4.74 Å². The molecule has 0 saturated carbocycles. The lowest BCUT2D eigenvalue weighted by Crippen LogP contribution is -2.55. The van der Waals surface area contributed by atoms with Crippen LogP contribution in [0.5, 0.6) is 5.75 Å². The number of benzene rings is 1. The van der Waals surface area contributed by atoms with Crippen LogP contribution in [0.15, 0.2) is 18.2 Å². The number of carbonyl (C=O) groups is 1. The van der Waals surface area contributed by atoms with E-state index in [-0.39, 0.29) is 11.9 Å². The van der Waals surface area contributed by atoms with Crippen molar-refractivity contribution in [2.24, 2.45) is 5.92 Å². The molecule has 0 radical (unpaired) electrons. The smallest absolute Gasteiger partial charge is 0.237 e. The van der Waals surface area contributed by atoms with Gasteiger partial charge in [-0.3, -0.25) is 9.69 Å². The lowest BCUT2D eigenvalue weighted by Gasteiger charge is -2.44. The van der Waals surface area contributed by atoms with Crippen molar-refractivity contribution in [3.63, 3.8) is 0 Å². The maximum atomic E-state index is 12.4. The summed E-state index contributed by atoms with van der Waals surface area (Å²) < 4.78 is 5.51. The van der Waals surface area contributed by atoms with Crippen molar-refractivity contribution in [3.05, 3.63) is 29.3 Å². The molecule has 1 aromatic rings. The molecule has 4 heteroatoms. The summed E-state index contributed by atoms with van der Waals surface area (Å²) in [5, 5.41) is 3.12. The molecular weight excluding hydrogens is 264 g/mol. The van der Waals surface area contributed by atoms with Gasteiger partial charge in [0.1, 0.15) is 5.75 Å². The van der Waals surface area contributed by atoms with Gasteiger partial charge in [0.25, 0.3) is 0 Å². The molecule has 2 bridgehead atoms. The Morgan fingerprint density at radius 1 is 1.33 bits per heavy atom. The van der Waals surface area contributed by atoms with E-state index in [2.05, 4.69) is 22.3 Å². The zero-order chi connectivity index (χ0) is 14.2. The second-order valence-electron chi connectivity index (χ2n) is 6.49. The molecule has 1 unspecified atom stereocenters. The van der Waals surface area contributed by atoms with Crippen molar-refractivity contribution in [2.45, 2.75) is 38.3 Å². The zero-order valence-electron chi connectivity index (χ0n) is 12.3. The van der Waals surface area contributed by atoms with E-state index < -0.39 is 0 Å². The monoisotopic (exact) mass is 286 g/mol. The maximum absolute atomic E-state index is 12.4. The Labute approximate surface area is 125 Å². The van der Waals surface area contributed by atoms with Gasteiger partial charge < -0.3 is 10.1 Å². The minimum Gasteiger partial charge on any atom is -0.493 e. The highest BCUT2D eigenvalue weighted by atomic mass is 16.5. The lowest BCUT2D eigenvalue weighted by atomic mass is 9.83. The number of fused-ring (bicyclic) bond motifs is 4. The number of rotatable bonds is 3. The van der Waals surface area contributed by atoms with Gasteiger partial charge in [0.05, 0.1) is 12.6 Å². The van der Waals surface area contributed by atoms with Crippen LogP contribution in [0.25, 0.3) is 0 Å². The van der Waals surface area contributed by atoms with Crippen molar-refractivity contribution in [1.29, 1.82) is 0 Å². The second kappa shape index (κ2) is 5.34. The average molecular weight is 286 g/mol. The first-order valence-corrected chi connectivity index (χ1v) is 8.06. The highest BCUT2D eigenvalue weighted by Gasteiger charge is 2.37. The van der Waals surface area contributed by atoms with E-state index in [1.165, 1.54) is 24.0 Å². The fourth-order valence-corrected chi connectivity index (χ4v) is 3.89. The minimum atomic E-state index is 0.107. The van der Waals surface area contributed by atoms with Gasteiger partial charge in [-0.2, -0.15) is 0 Å². The maximum Gasteiger partial charge on any atom is 0.237 e. The summed E-state index contributed by atoms with van der Waals surface area (Å²) in [6.45, 7) is 3.60. The Morgan fingerprint density at radius 3 is 2.95 bits per heavy atom. The number of hydrogen-bond donors (Lipinski definition) is 1. The fourth-order valence-electron chi connectivity index (χ4n) is 3.89. The summed E-state index contributed by atoms with van der Waals surface area (Å²) in [7, 11) is 0. The number of amides is 1. The van der Waals surface area contributed by atoms with Gasteiger partial charge in [-0.15, -0.1) is 0 Å². The van der Waals surface area contributed by atoms with Gasteiger partial charge in [-0.05, 0) is 55.5 Å². The van der Waals surface area contributed by atoms with Crippen LogP contribution in [-0.4, -0.2) is 36.5 Å². The molecular formula is C17H22N2O2. The predicted molar refractivity (Wildman–Crippen MR) is 80.2 cm³/mol. The van der Waals surface area contributed by atoms with E-state index in [1.807, 2.05) is 6.07 Å². The van der Waals surface area contributed by atoms with Gasteiger partial charge in [0.15, 0.2) is 0 Å². The third-order valence-electron chi connectivity index (χ3n) is 5.17. The molecule has 0 aromatic heterocycles. The fraction of sp³-hybridized carbons (Fsp3) is 0.588. The largest absolute Gasteiger partial charge is 0.493 e. The number of hydrogen-bond acceptors (Lipinski definition) is 3. The molecule has 1 atom stereocenters. The topological polar surface area (TPSA) is 41.6 Å². The average Bonchev–Trinajstić information content (AvgIpc) is 3.01. The molecule has 4 nitrogen and oxygen atoms in total. The first-order valence-electron chi connectivity index (χ1n) is 8.06. The van der Waals surface area contributed by atoms with Gasteiger partial charge in [0.2, 0.25) is 5.91 Å². The minimum absolute atomic E-state index is 0.107. The first kappa shape index (κ1) is 13.1. The van der Waals surface area contributed by atoms with E-state index in [9.17, 15) is 4.79 Å². The summed E-state index contributed by atoms with van der Waals surface area (Å²) in [6, 6.07) is 6.35. The quantitative estimate of drug-likeness (QED) is 0.920. The van der Waals surface area contributed by atoms with Crippen molar-refractivity contribution in [2.75, 3.05) is 19.7 Å². The number of ether oxygens (including phenoxy) is 1. The Bertz CT molecular complexity index is 550. The molecule has 0 aliphatic carbocycles. The Hall–Kier alpha value is -1.55. The van der Waals surface area contributed by atoms with Crippen LogP contribution in [0.1, 0.15) is 30.4 Å². The summed E-state index contributed by atoms with van der Waals surface area (Å²) in [5.74, 6) is 1.97. The highest BCUT2D eigenvalue weighted by molar-refractivity contribution is 5.82. The van der Waals surface area contributed by atoms with E-state index >= 15 is 0 Å². The number of piperidine rings is 3. The summed E-state index contributed by atoms with van der Waals surface area (Å²) in [4.78, 5) is 14.8. The Morgan fingerprint density at radius 2 is 2.19 bits per heavy atom. The molecule has 4 aliphatic rings. The van der Waals surface area contributed by atoms with Gasteiger partial charge in [-0.1, -0.05) is 12.1 Å². The second-order valence-corrected chi connectivity index (χ2v) is 6.49. The molecule has 4 heterocycles. The molecule has 1 N–H and O–H groups in total. The van der Waals surface area contributed by atoms with Crippen LogP contribution in [0, 0.1) is 5.92 Å². The van der Waals surface area contributed by atoms with Crippen LogP contribution in [0.4, 0.5) is 0 Å². The van der Waals surface area contributed by atoms with Crippen LogP contribution in [0.3, 0.4) is 0 Å². The molecule has 112 valence electrons. The SMILES string of the molecule is O=C(NCc1ccc2c(c1)CCO2)C1CC2CCN1CC2. The van der Waals surface area contributed by atoms with Crippen molar-refractivity contribution >= 4 is 5.91 Å². The van der Waals surface area contributed by atoms with Gasteiger partial charge in [-0.25, -0.2) is 0 Å². The Balaban J connectivity index is 1.37. The molecule has 1 aromatic carbocycles. The molecule has 3 saturated heterocycles. The first-order chi connectivity index (χ1) is 10.3. The summed E-state index contributed by atoms with van der Waals surface area (Å²) in [6.07, 6.45) is 4.57. The highest BCUT2D eigenvalue weighted by Crippen LogP contribution is 2.32. The van der Waals surface area contributed by atoms with E-state index in [1.54, 1.807) is 0 Å². The van der Waals surface area contributed by atoms with Gasteiger partial charge >= 0.3 is 0 Å². The van der Waals surface area contributed by atoms with Crippen molar-refractivity contribution in [3.8, 4) is 5.75 Å². The third-order valence-corrected chi connectivity index (χ3v) is 5.17. The van der Waals surface area contributed by atoms with Crippen molar-refractivity contribution < 1.29 is 9.53 Å². The Kier molecular flexibility index (Phi) is 3.34. The molecule has 0 spiro atoms. The molecule has 5 rings (SSSR count).